The molecule has 0 spiro atoms. The maximum absolute atomic E-state index is 5.58. The summed E-state index contributed by atoms with van der Waals surface area (Å²) in [5.41, 5.74) is 2.82. The van der Waals surface area contributed by atoms with E-state index in [9.17, 15) is 0 Å². The lowest BCUT2D eigenvalue weighted by Gasteiger charge is -2.32. The van der Waals surface area contributed by atoms with Crippen molar-refractivity contribution in [1.82, 2.24) is 4.90 Å². The fourth-order valence-corrected chi connectivity index (χ4v) is 1.75. The van der Waals surface area contributed by atoms with Crippen LogP contribution in [0.3, 0.4) is 0 Å². The van der Waals surface area contributed by atoms with E-state index in [-0.39, 0.29) is 0 Å². The van der Waals surface area contributed by atoms with Crippen LogP contribution in [0.4, 0.5) is 0 Å². The molecule has 2 rings (SSSR count). The second-order valence-corrected chi connectivity index (χ2v) is 3.57. The van der Waals surface area contributed by atoms with Gasteiger partial charge in [-0.2, -0.15) is 0 Å². The zero-order chi connectivity index (χ0) is 8.55. The molecule has 1 aliphatic carbocycles. The van der Waals surface area contributed by atoms with E-state index in [2.05, 4.69) is 24.9 Å². The molecule has 0 fully saturated rings. The van der Waals surface area contributed by atoms with Crippen molar-refractivity contribution in [2.45, 2.75) is 19.8 Å². The summed E-state index contributed by atoms with van der Waals surface area (Å²) in [5, 5.41) is 0. The van der Waals surface area contributed by atoms with E-state index in [1.54, 1.807) is 0 Å². The molecule has 0 atom stereocenters. The zero-order valence-corrected chi connectivity index (χ0v) is 7.76. The van der Waals surface area contributed by atoms with Gasteiger partial charge in [-0.25, -0.2) is 0 Å². The van der Waals surface area contributed by atoms with E-state index in [0.29, 0.717) is 0 Å². The van der Waals surface area contributed by atoms with Gasteiger partial charge in [-0.1, -0.05) is 5.57 Å². The first-order valence-corrected chi connectivity index (χ1v) is 4.51. The van der Waals surface area contributed by atoms with Crippen molar-refractivity contribution in [3.05, 3.63) is 23.1 Å². The lowest BCUT2D eigenvalue weighted by Crippen LogP contribution is -2.29. The van der Waals surface area contributed by atoms with Gasteiger partial charge in [-0.3, -0.25) is 0 Å². The van der Waals surface area contributed by atoms with E-state index in [1.807, 2.05) is 0 Å². The minimum atomic E-state index is 0.832. The minimum Gasteiger partial charge on any atom is -0.490 e. The monoisotopic (exact) mass is 165 g/mol. The third-order valence-electron chi connectivity index (χ3n) is 2.56. The third-order valence-corrected chi connectivity index (χ3v) is 2.56. The summed E-state index contributed by atoms with van der Waals surface area (Å²) in [5.74, 6) is 1.10. The average Bonchev–Trinajstić information content (AvgIpc) is 2.04. The highest BCUT2D eigenvalue weighted by Gasteiger charge is 2.19. The zero-order valence-electron chi connectivity index (χ0n) is 7.76. The van der Waals surface area contributed by atoms with E-state index in [4.69, 9.17) is 4.74 Å². The summed E-state index contributed by atoms with van der Waals surface area (Å²) in [6.07, 6.45) is 4.51. The SMILES string of the molecule is CC1=CC2=C(CC1)N(C)CCO2. The molecule has 2 nitrogen and oxygen atoms in total. The fourth-order valence-electron chi connectivity index (χ4n) is 1.75. The van der Waals surface area contributed by atoms with Crippen LogP contribution in [-0.4, -0.2) is 25.1 Å². The maximum Gasteiger partial charge on any atom is 0.138 e. The highest BCUT2D eigenvalue weighted by atomic mass is 16.5. The molecular weight excluding hydrogens is 150 g/mol. The smallest absolute Gasteiger partial charge is 0.138 e. The Bertz CT molecular complexity index is 253. The maximum atomic E-state index is 5.58. The van der Waals surface area contributed by atoms with Crippen molar-refractivity contribution in [1.29, 1.82) is 0 Å². The number of rotatable bonds is 0. The number of likely N-dealkylation sites (N-methyl/N-ethyl adjacent to an activating group) is 1. The third kappa shape index (κ3) is 1.22. The van der Waals surface area contributed by atoms with Crippen LogP contribution in [-0.2, 0) is 4.74 Å². The summed E-state index contributed by atoms with van der Waals surface area (Å²) >= 11 is 0. The first-order valence-electron chi connectivity index (χ1n) is 4.51. The highest BCUT2D eigenvalue weighted by molar-refractivity contribution is 5.29. The van der Waals surface area contributed by atoms with Crippen molar-refractivity contribution < 1.29 is 4.74 Å². The minimum absolute atomic E-state index is 0.832. The first-order chi connectivity index (χ1) is 5.77. The molecule has 0 saturated carbocycles. The van der Waals surface area contributed by atoms with E-state index >= 15 is 0 Å². The lowest BCUT2D eigenvalue weighted by atomic mass is 10.0. The van der Waals surface area contributed by atoms with Crippen LogP contribution in [0, 0.1) is 0 Å². The molecule has 1 heterocycles. The van der Waals surface area contributed by atoms with Gasteiger partial charge in [0.25, 0.3) is 0 Å². The van der Waals surface area contributed by atoms with Crippen LogP contribution in [0.1, 0.15) is 19.8 Å². The Kier molecular flexibility index (Phi) is 1.83. The number of ether oxygens (including phenoxy) is 1. The Morgan fingerprint density at radius 3 is 3.08 bits per heavy atom. The van der Waals surface area contributed by atoms with Crippen LogP contribution in [0.25, 0.3) is 0 Å². The van der Waals surface area contributed by atoms with Crippen LogP contribution >= 0.6 is 0 Å². The largest absolute Gasteiger partial charge is 0.490 e. The summed E-state index contributed by atoms with van der Waals surface area (Å²) in [7, 11) is 2.15. The normalized spacial score (nSPS) is 23.2. The molecule has 0 saturated heterocycles. The lowest BCUT2D eigenvalue weighted by molar-refractivity contribution is 0.146. The highest BCUT2D eigenvalue weighted by Crippen LogP contribution is 2.28. The van der Waals surface area contributed by atoms with E-state index in [1.165, 1.54) is 17.7 Å². The number of hydrogen-bond acceptors (Lipinski definition) is 2. The van der Waals surface area contributed by atoms with Gasteiger partial charge in [-0.15, -0.1) is 0 Å². The Balaban J connectivity index is 2.30. The quantitative estimate of drug-likeness (QED) is 0.543. The van der Waals surface area contributed by atoms with E-state index in [0.717, 1.165) is 25.3 Å². The molecule has 0 aromatic carbocycles. The van der Waals surface area contributed by atoms with Gasteiger partial charge in [0.1, 0.15) is 12.4 Å². The molecule has 0 radical (unpaired) electrons. The molecule has 0 unspecified atom stereocenters. The van der Waals surface area contributed by atoms with Crippen LogP contribution < -0.4 is 0 Å². The Morgan fingerprint density at radius 2 is 2.25 bits per heavy atom. The van der Waals surface area contributed by atoms with E-state index < -0.39 is 0 Å². The second kappa shape index (κ2) is 2.85. The number of nitrogens with zero attached hydrogens (tertiary/aromatic N) is 1. The van der Waals surface area contributed by atoms with Crippen molar-refractivity contribution in [2.75, 3.05) is 20.2 Å². The molecule has 2 aliphatic rings. The first kappa shape index (κ1) is 7.71. The number of hydrogen-bond donors (Lipinski definition) is 0. The van der Waals surface area contributed by atoms with Gasteiger partial charge in [0.05, 0.1) is 12.2 Å². The molecular formula is C10H15NO. The predicted molar refractivity (Wildman–Crippen MR) is 48.6 cm³/mol. The molecule has 0 aromatic heterocycles. The molecule has 12 heavy (non-hydrogen) atoms. The van der Waals surface area contributed by atoms with Crippen molar-refractivity contribution in [2.24, 2.45) is 0 Å². The molecule has 2 heteroatoms. The fraction of sp³-hybridized carbons (Fsp3) is 0.600. The summed E-state index contributed by atoms with van der Waals surface area (Å²) in [6, 6.07) is 0. The molecule has 0 bridgehead atoms. The van der Waals surface area contributed by atoms with Crippen molar-refractivity contribution in [3.8, 4) is 0 Å². The molecule has 1 aliphatic heterocycles. The van der Waals surface area contributed by atoms with Gasteiger partial charge < -0.3 is 9.64 Å². The summed E-state index contributed by atoms with van der Waals surface area (Å²) in [6.45, 7) is 4.03. The van der Waals surface area contributed by atoms with Crippen LogP contribution in [0.5, 0.6) is 0 Å². The molecule has 0 amide bonds. The van der Waals surface area contributed by atoms with Crippen LogP contribution in [0.15, 0.2) is 23.1 Å². The number of allylic oxidation sites excluding steroid dienone is 3. The van der Waals surface area contributed by atoms with Crippen LogP contribution in [0.2, 0.25) is 0 Å². The van der Waals surface area contributed by atoms with Gasteiger partial charge >= 0.3 is 0 Å². The predicted octanol–water partition coefficient (Wildman–Crippen LogP) is 1.90. The summed E-state index contributed by atoms with van der Waals surface area (Å²) in [4.78, 5) is 2.31. The van der Waals surface area contributed by atoms with Crippen molar-refractivity contribution >= 4 is 0 Å². The van der Waals surface area contributed by atoms with Gasteiger partial charge in [0, 0.05) is 7.05 Å². The Morgan fingerprint density at radius 1 is 1.42 bits per heavy atom. The topological polar surface area (TPSA) is 12.5 Å². The standard InChI is InChI=1S/C10H15NO/c1-8-3-4-9-10(7-8)12-6-5-11(9)2/h7H,3-6H2,1-2H3. The summed E-state index contributed by atoms with van der Waals surface area (Å²) < 4.78 is 5.58. The van der Waals surface area contributed by atoms with Crippen molar-refractivity contribution in [3.63, 3.8) is 0 Å². The second-order valence-electron chi connectivity index (χ2n) is 3.57. The van der Waals surface area contributed by atoms with Gasteiger partial charge in [0.15, 0.2) is 0 Å². The Labute approximate surface area is 73.5 Å². The average molecular weight is 165 g/mol. The molecule has 0 aromatic rings. The van der Waals surface area contributed by atoms with Gasteiger partial charge in [-0.05, 0) is 25.8 Å². The van der Waals surface area contributed by atoms with Gasteiger partial charge in [0.2, 0.25) is 0 Å². The molecule has 66 valence electrons. The molecule has 0 N–H and O–H groups in total. The Hall–Kier alpha value is -0.920.